The second-order valence-electron chi connectivity index (χ2n) is 4.45. The lowest BCUT2D eigenvalue weighted by Gasteiger charge is -2.16. The summed E-state index contributed by atoms with van der Waals surface area (Å²) in [6, 6.07) is 4.29. The Bertz CT molecular complexity index is 586. The third-order valence-corrected chi connectivity index (χ3v) is 4.37. The van der Waals surface area contributed by atoms with Crippen molar-refractivity contribution in [2.45, 2.75) is 31.2 Å². The zero-order chi connectivity index (χ0) is 15.3. The van der Waals surface area contributed by atoms with Gasteiger partial charge >= 0.3 is 0 Å². The van der Waals surface area contributed by atoms with E-state index in [-0.39, 0.29) is 22.4 Å². The minimum atomic E-state index is -3.87. The Morgan fingerprint density at radius 3 is 2.60 bits per heavy atom. The van der Waals surface area contributed by atoms with Crippen LogP contribution >= 0.6 is 10.7 Å². The van der Waals surface area contributed by atoms with Crippen LogP contribution in [0.5, 0.6) is 0 Å². The summed E-state index contributed by atoms with van der Waals surface area (Å²) >= 11 is 0. The second-order valence-corrected chi connectivity index (χ2v) is 6.99. The van der Waals surface area contributed by atoms with Crippen molar-refractivity contribution in [2.75, 3.05) is 13.7 Å². The van der Waals surface area contributed by atoms with Crippen molar-refractivity contribution in [3.05, 3.63) is 29.3 Å². The maximum atomic E-state index is 12.1. The number of methoxy groups -OCH3 is 1. The van der Waals surface area contributed by atoms with E-state index in [0.717, 1.165) is 0 Å². The van der Waals surface area contributed by atoms with Crippen LogP contribution in [-0.4, -0.2) is 34.1 Å². The van der Waals surface area contributed by atoms with Gasteiger partial charge in [0.05, 0.1) is 17.5 Å². The molecule has 0 saturated carbocycles. The molecule has 0 aromatic heterocycles. The molecule has 5 nitrogen and oxygen atoms in total. The average Bonchev–Trinajstić information content (AvgIpc) is 2.37. The Balaban J connectivity index is 3.00. The van der Waals surface area contributed by atoms with E-state index in [0.29, 0.717) is 18.6 Å². The minimum absolute atomic E-state index is 0.0494. The van der Waals surface area contributed by atoms with Gasteiger partial charge in [0.1, 0.15) is 0 Å². The van der Waals surface area contributed by atoms with E-state index in [2.05, 4.69) is 5.32 Å². The van der Waals surface area contributed by atoms with Crippen molar-refractivity contribution in [3.8, 4) is 0 Å². The maximum Gasteiger partial charge on any atom is 0.261 e. The molecule has 0 spiro atoms. The summed E-state index contributed by atoms with van der Waals surface area (Å²) in [7, 11) is 3.03. The van der Waals surface area contributed by atoms with Crippen LogP contribution in [0, 0.1) is 6.92 Å². The normalized spacial score (nSPS) is 13.0. The quantitative estimate of drug-likeness (QED) is 0.815. The molecule has 1 unspecified atom stereocenters. The van der Waals surface area contributed by atoms with Gasteiger partial charge in [-0.3, -0.25) is 4.79 Å². The number of aryl methyl sites for hydroxylation is 1. The van der Waals surface area contributed by atoms with Gasteiger partial charge in [-0.25, -0.2) is 8.42 Å². The maximum absolute atomic E-state index is 12.1. The lowest BCUT2D eigenvalue weighted by atomic mass is 10.1. The molecule has 112 valence electrons. The molecular formula is C13H18ClNO4S. The van der Waals surface area contributed by atoms with Crippen molar-refractivity contribution in [1.29, 1.82) is 0 Å². The Labute approximate surface area is 123 Å². The lowest BCUT2D eigenvalue weighted by Crippen LogP contribution is -2.37. The predicted molar refractivity (Wildman–Crippen MR) is 77.6 cm³/mol. The Morgan fingerprint density at radius 1 is 1.45 bits per heavy atom. The van der Waals surface area contributed by atoms with Gasteiger partial charge in [0.15, 0.2) is 0 Å². The smallest absolute Gasteiger partial charge is 0.261 e. The van der Waals surface area contributed by atoms with Gasteiger partial charge in [-0.15, -0.1) is 0 Å². The molecule has 1 atom stereocenters. The fraction of sp³-hybridized carbons (Fsp3) is 0.462. The number of hydrogen-bond acceptors (Lipinski definition) is 4. The standard InChI is InChI=1S/C13H18ClNO4S/c1-4-11(8-19-3)15-13(16)10-6-5-9(2)12(7-10)20(14,17)18/h5-7,11H,4,8H2,1-3H3,(H,15,16). The largest absolute Gasteiger partial charge is 0.383 e. The SMILES string of the molecule is CCC(COC)NC(=O)c1ccc(C)c(S(=O)(=O)Cl)c1. The predicted octanol–water partition coefficient (Wildman–Crippen LogP) is 2.08. The van der Waals surface area contributed by atoms with E-state index in [1.54, 1.807) is 26.2 Å². The van der Waals surface area contributed by atoms with E-state index in [1.165, 1.54) is 6.07 Å². The van der Waals surface area contributed by atoms with E-state index in [4.69, 9.17) is 15.4 Å². The third-order valence-electron chi connectivity index (χ3n) is 2.91. The lowest BCUT2D eigenvalue weighted by molar-refractivity contribution is 0.0894. The molecule has 0 radical (unpaired) electrons. The number of nitrogens with one attached hydrogen (secondary N) is 1. The van der Waals surface area contributed by atoms with Crippen molar-refractivity contribution in [1.82, 2.24) is 5.32 Å². The van der Waals surface area contributed by atoms with Crippen LogP contribution in [0.2, 0.25) is 0 Å². The molecule has 0 aliphatic rings. The number of carbonyl (C=O) groups excluding carboxylic acids is 1. The third kappa shape index (κ3) is 4.47. The second kappa shape index (κ2) is 7.06. The Kier molecular flexibility index (Phi) is 5.98. The summed E-state index contributed by atoms with van der Waals surface area (Å²) in [4.78, 5) is 12.0. The van der Waals surface area contributed by atoms with Gasteiger partial charge in [0.2, 0.25) is 0 Å². The van der Waals surface area contributed by atoms with Gasteiger partial charge in [-0.2, -0.15) is 0 Å². The number of carbonyl (C=O) groups is 1. The fourth-order valence-electron chi connectivity index (χ4n) is 1.74. The van der Waals surface area contributed by atoms with Crippen LogP contribution < -0.4 is 5.32 Å². The van der Waals surface area contributed by atoms with Crippen LogP contribution in [0.25, 0.3) is 0 Å². The van der Waals surface area contributed by atoms with Crippen LogP contribution in [0.4, 0.5) is 0 Å². The van der Waals surface area contributed by atoms with Crippen LogP contribution in [0.15, 0.2) is 23.1 Å². The number of amides is 1. The molecule has 0 aliphatic heterocycles. The fourth-order valence-corrected chi connectivity index (χ4v) is 2.95. The van der Waals surface area contributed by atoms with Gasteiger partial charge < -0.3 is 10.1 Å². The summed E-state index contributed by atoms with van der Waals surface area (Å²) < 4.78 is 27.8. The highest BCUT2D eigenvalue weighted by atomic mass is 35.7. The molecule has 1 N–H and O–H groups in total. The Morgan fingerprint density at radius 2 is 2.10 bits per heavy atom. The highest BCUT2D eigenvalue weighted by molar-refractivity contribution is 8.13. The number of benzene rings is 1. The number of rotatable bonds is 6. The van der Waals surface area contributed by atoms with E-state index in [9.17, 15) is 13.2 Å². The van der Waals surface area contributed by atoms with Gasteiger partial charge in [0, 0.05) is 23.4 Å². The van der Waals surface area contributed by atoms with Gasteiger partial charge in [-0.05, 0) is 31.0 Å². The molecule has 1 aromatic carbocycles. The van der Waals surface area contributed by atoms with Gasteiger partial charge in [-0.1, -0.05) is 13.0 Å². The molecule has 0 fully saturated rings. The average molecular weight is 320 g/mol. The molecule has 0 saturated heterocycles. The molecule has 0 aliphatic carbocycles. The first kappa shape index (κ1) is 16.9. The van der Waals surface area contributed by atoms with Crippen LogP contribution in [0.3, 0.4) is 0 Å². The number of hydrogen-bond donors (Lipinski definition) is 1. The number of halogens is 1. The molecule has 0 heterocycles. The van der Waals surface area contributed by atoms with E-state index >= 15 is 0 Å². The first-order valence-electron chi connectivity index (χ1n) is 6.14. The zero-order valence-electron chi connectivity index (χ0n) is 11.6. The summed E-state index contributed by atoms with van der Waals surface area (Å²) in [5.74, 6) is -0.351. The highest BCUT2D eigenvalue weighted by Gasteiger charge is 2.18. The molecule has 1 amide bonds. The molecule has 1 aromatic rings. The topological polar surface area (TPSA) is 72.5 Å². The minimum Gasteiger partial charge on any atom is -0.383 e. The monoisotopic (exact) mass is 319 g/mol. The summed E-state index contributed by atoms with van der Waals surface area (Å²) in [5.41, 5.74) is 0.755. The summed E-state index contributed by atoms with van der Waals surface area (Å²) in [5, 5.41) is 2.78. The first-order valence-corrected chi connectivity index (χ1v) is 8.45. The molecule has 7 heteroatoms. The molecule has 0 bridgehead atoms. The van der Waals surface area contributed by atoms with E-state index in [1.807, 2.05) is 6.92 Å². The van der Waals surface area contributed by atoms with Crippen molar-refractivity contribution in [3.63, 3.8) is 0 Å². The zero-order valence-corrected chi connectivity index (χ0v) is 13.2. The molecule has 20 heavy (non-hydrogen) atoms. The van der Waals surface area contributed by atoms with E-state index < -0.39 is 9.05 Å². The van der Waals surface area contributed by atoms with Crippen molar-refractivity contribution in [2.24, 2.45) is 0 Å². The molecular weight excluding hydrogens is 302 g/mol. The van der Waals surface area contributed by atoms with Gasteiger partial charge in [0.25, 0.3) is 15.0 Å². The van der Waals surface area contributed by atoms with Crippen LogP contribution in [0.1, 0.15) is 29.3 Å². The summed E-state index contributed by atoms with van der Waals surface area (Å²) in [6.07, 6.45) is 0.714. The number of ether oxygens (including phenoxy) is 1. The Hall–Kier alpha value is -1.11. The molecule has 1 rings (SSSR count). The highest BCUT2D eigenvalue weighted by Crippen LogP contribution is 2.21. The van der Waals surface area contributed by atoms with Crippen LogP contribution in [-0.2, 0) is 13.8 Å². The van der Waals surface area contributed by atoms with Crippen molar-refractivity contribution < 1.29 is 17.9 Å². The summed E-state index contributed by atoms with van der Waals surface area (Å²) in [6.45, 7) is 3.94. The first-order chi connectivity index (χ1) is 9.29. The van der Waals surface area contributed by atoms with Crippen molar-refractivity contribution >= 4 is 25.6 Å².